The first kappa shape index (κ1) is 24.7. The van der Waals surface area contributed by atoms with Gasteiger partial charge in [-0.25, -0.2) is 4.68 Å². The normalized spacial score (nSPS) is 12.3. The highest BCUT2D eigenvalue weighted by molar-refractivity contribution is 8.00. The quantitative estimate of drug-likeness (QED) is 0.350. The molecule has 0 aliphatic carbocycles. The predicted octanol–water partition coefficient (Wildman–Crippen LogP) is 4.65. The maximum atomic E-state index is 12.7. The van der Waals surface area contributed by atoms with Crippen LogP contribution in [-0.4, -0.2) is 33.1 Å². The summed E-state index contributed by atoms with van der Waals surface area (Å²) in [6, 6.07) is 12.9. The van der Waals surface area contributed by atoms with Crippen LogP contribution >= 0.6 is 23.4 Å². The van der Waals surface area contributed by atoms with Gasteiger partial charge in [0.15, 0.2) is 5.82 Å². The van der Waals surface area contributed by atoms with Crippen LogP contribution < -0.4 is 20.6 Å². The van der Waals surface area contributed by atoms with Crippen molar-refractivity contribution in [2.75, 3.05) is 18.3 Å². The van der Waals surface area contributed by atoms with E-state index in [4.69, 9.17) is 26.9 Å². The Kier molecular flexibility index (Phi) is 7.76. The highest BCUT2D eigenvalue weighted by atomic mass is 35.5. The third kappa shape index (κ3) is 6.33. The molecule has 3 N–H and O–H groups in total. The van der Waals surface area contributed by atoms with Crippen molar-refractivity contribution in [2.24, 2.45) is 0 Å². The highest BCUT2D eigenvalue weighted by Gasteiger charge is 2.21. The van der Waals surface area contributed by atoms with Gasteiger partial charge in [0.05, 0.1) is 18.0 Å². The maximum Gasteiger partial charge on any atom is 0.237 e. The Hall–Kier alpha value is -2.91. The van der Waals surface area contributed by atoms with Crippen molar-refractivity contribution in [3.63, 3.8) is 0 Å². The number of nitrogens with two attached hydrogens (primary N) is 1. The molecule has 0 bridgehead atoms. The Bertz CT molecular complexity index is 1110. The zero-order valence-electron chi connectivity index (χ0n) is 19.3. The molecule has 33 heavy (non-hydrogen) atoms. The Morgan fingerprint density at radius 2 is 1.91 bits per heavy atom. The van der Waals surface area contributed by atoms with Crippen LogP contribution in [0.2, 0.25) is 5.02 Å². The van der Waals surface area contributed by atoms with Crippen molar-refractivity contribution in [3.8, 4) is 11.5 Å². The fourth-order valence-corrected chi connectivity index (χ4v) is 3.87. The largest absolute Gasteiger partial charge is 0.495 e. The lowest BCUT2D eigenvalue weighted by Gasteiger charge is -2.19. The second-order valence-corrected chi connectivity index (χ2v) is 10.2. The summed E-state index contributed by atoms with van der Waals surface area (Å²) in [5, 5.41) is 11.4. The monoisotopic (exact) mass is 489 g/mol. The van der Waals surface area contributed by atoms with Crippen LogP contribution in [0.25, 0.3) is 0 Å². The Labute approximate surface area is 202 Å². The summed E-state index contributed by atoms with van der Waals surface area (Å²) in [4.78, 5) is 12.7. The number of aromatic nitrogens is 3. The number of nitrogen functional groups attached to an aromatic ring is 1. The number of carbonyl (C=O) groups is 1. The van der Waals surface area contributed by atoms with E-state index in [9.17, 15) is 4.79 Å². The summed E-state index contributed by atoms with van der Waals surface area (Å²) >= 11 is 7.21. The van der Waals surface area contributed by atoms with E-state index in [1.54, 1.807) is 25.1 Å². The lowest BCUT2D eigenvalue weighted by atomic mass is 9.87. The molecule has 2 aromatic carbocycles. The van der Waals surface area contributed by atoms with Crippen molar-refractivity contribution in [2.45, 2.75) is 50.1 Å². The molecule has 3 rings (SSSR count). The SMILES string of the molecule is COc1ccc(Cl)cc1NC(=O)C(C)Sc1nnc(COc2ccc(C(C)(C)C)cc2)n1N. The van der Waals surface area contributed by atoms with E-state index in [0.29, 0.717) is 33.2 Å². The summed E-state index contributed by atoms with van der Waals surface area (Å²) in [7, 11) is 1.52. The number of methoxy groups -OCH3 is 1. The number of nitrogens with one attached hydrogen (secondary N) is 1. The van der Waals surface area contributed by atoms with Crippen LogP contribution in [0.1, 0.15) is 39.1 Å². The average Bonchev–Trinajstić information content (AvgIpc) is 3.11. The summed E-state index contributed by atoms with van der Waals surface area (Å²) in [5.74, 6) is 7.56. The number of ether oxygens (including phenoxy) is 2. The van der Waals surface area contributed by atoms with Gasteiger partial charge < -0.3 is 20.6 Å². The van der Waals surface area contributed by atoms with Gasteiger partial charge in [0.25, 0.3) is 0 Å². The lowest BCUT2D eigenvalue weighted by Crippen LogP contribution is -2.24. The number of hydrogen-bond donors (Lipinski definition) is 2. The van der Waals surface area contributed by atoms with Gasteiger partial charge >= 0.3 is 0 Å². The second kappa shape index (κ2) is 10.4. The van der Waals surface area contributed by atoms with Crippen molar-refractivity contribution in [1.29, 1.82) is 0 Å². The van der Waals surface area contributed by atoms with Gasteiger partial charge in [0.2, 0.25) is 11.1 Å². The predicted molar refractivity (Wildman–Crippen MR) is 132 cm³/mol. The fraction of sp³-hybridized carbons (Fsp3) is 0.348. The number of hydrogen-bond acceptors (Lipinski definition) is 7. The first-order valence-electron chi connectivity index (χ1n) is 10.3. The summed E-state index contributed by atoms with van der Waals surface area (Å²) < 4.78 is 12.4. The van der Waals surface area contributed by atoms with Crippen LogP contribution in [0.4, 0.5) is 5.69 Å². The minimum Gasteiger partial charge on any atom is -0.495 e. The smallest absolute Gasteiger partial charge is 0.237 e. The number of anilines is 1. The number of halogens is 1. The molecule has 0 spiro atoms. The topological polar surface area (TPSA) is 104 Å². The van der Waals surface area contributed by atoms with Gasteiger partial charge in [0.1, 0.15) is 18.1 Å². The molecule has 176 valence electrons. The van der Waals surface area contributed by atoms with E-state index in [1.165, 1.54) is 29.1 Å². The molecule has 1 aromatic heterocycles. The van der Waals surface area contributed by atoms with Gasteiger partial charge in [0, 0.05) is 5.02 Å². The maximum absolute atomic E-state index is 12.7. The second-order valence-electron chi connectivity index (χ2n) is 8.43. The van der Waals surface area contributed by atoms with Crippen LogP contribution in [0.15, 0.2) is 47.6 Å². The van der Waals surface area contributed by atoms with Gasteiger partial charge in [-0.2, -0.15) is 0 Å². The Morgan fingerprint density at radius 3 is 2.55 bits per heavy atom. The van der Waals surface area contributed by atoms with Crippen molar-refractivity contribution in [3.05, 3.63) is 58.9 Å². The van der Waals surface area contributed by atoms with Crippen molar-refractivity contribution >= 4 is 35.0 Å². The molecule has 0 saturated heterocycles. The molecule has 1 heterocycles. The number of nitrogens with zero attached hydrogens (tertiary/aromatic N) is 3. The van der Waals surface area contributed by atoms with Gasteiger partial charge in [-0.05, 0) is 48.2 Å². The van der Waals surface area contributed by atoms with Gasteiger partial charge in [-0.1, -0.05) is 56.3 Å². The fourth-order valence-electron chi connectivity index (χ4n) is 2.91. The van der Waals surface area contributed by atoms with Crippen molar-refractivity contribution < 1.29 is 14.3 Å². The molecule has 8 nitrogen and oxygen atoms in total. The molecule has 0 aliphatic heterocycles. The van der Waals surface area contributed by atoms with Crippen LogP contribution in [0.5, 0.6) is 11.5 Å². The van der Waals surface area contributed by atoms with Crippen LogP contribution in [0.3, 0.4) is 0 Å². The molecular formula is C23H28ClN5O3S. The standard InChI is InChI=1S/C23H28ClN5O3S/c1-14(21(30)26-18-12-16(24)8-11-19(18)31-5)33-22-28-27-20(29(22)25)13-32-17-9-6-15(7-10-17)23(2,3)4/h6-12,14H,13,25H2,1-5H3,(H,26,30). The minimum absolute atomic E-state index is 0.0724. The van der Waals surface area contributed by atoms with E-state index in [1.807, 2.05) is 24.3 Å². The summed E-state index contributed by atoms with van der Waals surface area (Å²) in [6.07, 6.45) is 0. The Balaban J connectivity index is 1.60. The minimum atomic E-state index is -0.501. The van der Waals surface area contributed by atoms with Crippen molar-refractivity contribution in [1.82, 2.24) is 14.9 Å². The number of rotatable bonds is 8. The molecule has 10 heteroatoms. The number of thioether (sulfide) groups is 1. The molecule has 0 aliphatic rings. The van der Waals surface area contributed by atoms with Crippen LogP contribution in [0, 0.1) is 0 Å². The van der Waals surface area contributed by atoms with E-state index < -0.39 is 5.25 Å². The van der Waals surface area contributed by atoms with Crippen LogP contribution in [-0.2, 0) is 16.8 Å². The number of benzene rings is 2. The summed E-state index contributed by atoms with van der Waals surface area (Å²) in [6.45, 7) is 8.38. The van der Waals surface area contributed by atoms with E-state index in [2.05, 4.69) is 36.3 Å². The van der Waals surface area contributed by atoms with E-state index >= 15 is 0 Å². The van der Waals surface area contributed by atoms with Gasteiger partial charge in [-0.3, -0.25) is 4.79 Å². The molecule has 1 unspecified atom stereocenters. The number of carbonyl (C=O) groups excluding carboxylic acids is 1. The molecule has 1 atom stereocenters. The molecule has 0 fully saturated rings. The van der Waals surface area contributed by atoms with E-state index in [0.717, 1.165) is 0 Å². The third-order valence-electron chi connectivity index (χ3n) is 4.89. The zero-order valence-corrected chi connectivity index (χ0v) is 20.8. The summed E-state index contributed by atoms with van der Waals surface area (Å²) in [5.41, 5.74) is 1.78. The third-order valence-corrected chi connectivity index (χ3v) is 6.19. The zero-order chi connectivity index (χ0) is 24.2. The van der Waals surface area contributed by atoms with E-state index in [-0.39, 0.29) is 17.9 Å². The molecule has 1 amide bonds. The number of amides is 1. The molecule has 0 saturated carbocycles. The molecular weight excluding hydrogens is 462 g/mol. The molecule has 0 radical (unpaired) electrons. The highest BCUT2D eigenvalue weighted by Crippen LogP contribution is 2.29. The first-order chi connectivity index (χ1) is 15.6. The van der Waals surface area contributed by atoms with Gasteiger partial charge in [-0.15, -0.1) is 10.2 Å². The average molecular weight is 490 g/mol. The lowest BCUT2D eigenvalue weighted by molar-refractivity contribution is -0.115. The first-order valence-corrected chi connectivity index (χ1v) is 11.6. The molecule has 3 aromatic rings. The Morgan fingerprint density at radius 1 is 1.21 bits per heavy atom.